The van der Waals surface area contributed by atoms with E-state index in [1.54, 1.807) is 0 Å². The molecule has 3 aliphatic rings. The van der Waals surface area contributed by atoms with Gasteiger partial charge < -0.3 is 15.2 Å². The molecule has 2 amide bonds. The summed E-state index contributed by atoms with van der Waals surface area (Å²) in [4.78, 5) is 12.5. The molecule has 0 radical (unpaired) electrons. The SMILES string of the molecule is CC(C)[C@H](NC(=O)NC(C1CC1)C1CC1)c1nnc2n1CCC2. The van der Waals surface area contributed by atoms with Gasteiger partial charge in [-0.15, -0.1) is 10.2 Å². The average Bonchev–Trinajstić information content (AvgIpc) is 3.42. The number of aromatic nitrogens is 3. The first-order valence-corrected chi connectivity index (χ1v) is 9.12. The van der Waals surface area contributed by atoms with Crippen LogP contribution in [-0.4, -0.2) is 26.8 Å². The first kappa shape index (κ1) is 15.0. The Kier molecular flexibility index (Phi) is 3.77. The summed E-state index contributed by atoms with van der Waals surface area (Å²) >= 11 is 0. The van der Waals surface area contributed by atoms with Crippen LogP contribution in [-0.2, 0) is 13.0 Å². The zero-order valence-electron chi connectivity index (χ0n) is 14.1. The molecule has 0 unspecified atom stereocenters. The second kappa shape index (κ2) is 5.80. The second-order valence-corrected chi connectivity index (χ2v) is 7.77. The molecular weight excluding hydrogens is 290 g/mol. The minimum Gasteiger partial charge on any atom is -0.335 e. The van der Waals surface area contributed by atoms with E-state index in [-0.39, 0.29) is 18.0 Å². The Morgan fingerprint density at radius 2 is 1.83 bits per heavy atom. The molecule has 0 aromatic carbocycles. The summed E-state index contributed by atoms with van der Waals surface area (Å²) in [5.74, 6) is 3.68. The predicted molar refractivity (Wildman–Crippen MR) is 86.8 cm³/mol. The lowest BCUT2D eigenvalue weighted by Crippen LogP contribution is -2.46. The highest BCUT2D eigenvalue weighted by atomic mass is 16.2. The molecule has 2 N–H and O–H groups in total. The summed E-state index contributed by atoms with van der Waals surface area (Å²) in [5, 5.41) is 15.1. The first-order valence-electron chi connectivity index (χ1n) is 9.12. The number of hydrogen-bond donors (Lipinski definition) is 2. The van der Waals surface area contributed by atoms with Crippen molar-refractivity contribution in [2.24, 2.45) is 17.8 Å². The lowest BCUT2D eigenvalue weighted by atomic mass is 10.0. The van der Waals surface area contributed by atoms with E-state index >= 15 is 0 Å². The van der Waals surface area contributed by atoms with E-state index in [1.165, 1.54) is 25.7 Å². The Balaban J connectivity index is 1.44. The number of carbonyl (C=O) groups excluding carboxylic acids is 1. The third-order valence-corrected chi connectivity index (χ3v) is 5.43. The predicted octanol–water partition coefficient (Wildman–Crippen LogP) is 2.41. The molecule has 4 rings (SSSR count). The standard InChI is InChI=1S/C17H27N5O/c1-10(2)14(16-21-20-13-4-3-9-22(13)16)18-17(23)19-15(11-5-6-11)12-7-8-12/h10-12,14-15H,3-9H2,1-2H3,(H2,18,19,23)/t14-/m0/s1. The molecule has 0 bridgehead atoms. The quantitative estimate of drug-likeness (QED) is 0.846. The Bertz CT molecular complexity index is 576. The van der Waals surface area contributed by atoms with E-state index < -0.39 is 0 Å². The number of hydrogen-bond acceptors (Lipinski definition) is 3. The van der Waals surface area contributed by atoms with Crippen molar-refractivity contribution in [1.82, 2.24) is 25.4 Å². The van der Waals surface area contributed by atoms with Gasteiger partial charge in [-0.1, -0.05) is 13.8 Å². The van der Waals surface area contributed by atoms with Crippen molar-refractivity contribution >= 4 is 6.03 Å². The maximum atomic E-state index is 12.5. The minimum atomic E-state index is -0.0755. The van der Waals surface area contributed by atoms with Gasteiger partial charge in [0.2, 0.25) is 0 Å². The van der Waals surface area contributed by atoms with Crippen LogP contribution < -0.4 is 10.6 Å². The molecule has 6 heteroatoms. The Hall–Kier alpha value is -1.59. The van der Waals surface area contributed by atoms with Gasteiger partial charge in [0, 0.05) is 19.0 Å². The molecule has 2 fully saturated rings. The molecule has 2 aliphatic carbocycles. The summed E-state index contributed by atoms with van der Waals surface area (Å²) in [6.07, 6.45) is 7.20. The summed E-state index contributed by atoms with van der Waals surface area (Å²) in [7, 11) is 0. The molecule has 126 valence electrons. The van der Waals surface area contributed by atoms with Crippen LogP contribution in [0.25, 0.3) is 0 Å². The van der Waals surface area contributed by atoms with Crippen LogP contribution in [0.2, 0.25) is 0 Å². The third-order valence-electron chi connectivity index (χ3n) is 5.43. The molecular formula is C17H27N5O. The molecule has 0 saturated heterocycles. The molecule has 1 aliphatic heterocycles. The highest BCUT2D eigenvalue weighted by Gasteiger charge is 2.42. The van der Waals surface area contributed by atoms with Crippen LogP contribution >= 0.6 is 0 Å². The summed E-state index contributed by atoms with van der Waals surface area (Å²) in [6, 6.07) is 0.267. The lowest BCUT2D eigenvalue weighted by Gasteiger charge is -2.24. The van der Waals surface area contributed by atoms with Crippen molar-refractivity contribution in [2.75, 3.05) is 0 Å². The van der Waals surface area contributed by atoms with Crippen LogP contribution in [0.5, 0.6) is 0 Å². The zero-order chi connectivity index (χ0) is 16.0. The zero-order valence-corrected chi connectivity index (χ0v) is 14.1. The Labute approximate surface area is 137 Å². The van der Waals surface area contributed by atoms with Crippen molar-refractivity contribution in [2.45, 2.75) is 71.0 Å². The molecule has 2 saturated carbocycles. The van der Waals surface area contributed by atoms with Gasteiger partial charge in [0.05, 0.1) is 6.04 Å². The van der Waals surface area contributed by atoms with E-state index in [9.17, 15) is 4.79 Å². The van der Waals surface area contributed by atoms with Crippen molar-refractivity contribution in [3.05, 3.63) is 11.6 Å². The lowest BCUT2D eigenvalue weighted by molar-refractivity contribution is 0.224. The van der Waals surface area contributed by atoms with Crippen LogP contribution in [0.4, 0.5) is 4.79 Å². The highest BCUT2D eigenvalue weighted by molar-refractivity contribution is 5.75. The fourth-order valence-corrected chi connectivity index (χ4v) is 3.80. The average molecular weight is 317 g/mol. The van der Waals surface area contributed by atoms with Gasteiger partial charge in [-0.2, -0.15) is 0 Å². The maximum Gasteiger partial charge on any atom is 0.315 e. The van der Waals surface area contributed by atoms with Crippen molar-refractivity contribution in [3.8, 4) is 0 Å². The number of nitrogens with one attached hydrogen (secondary N) is 2. The van der Waals surface area contributed by atoms with Gasteiger partial charge in [0.1, 0.15) is 5.82 Å². The van der Waals surface area contributed by atoms with Crippen molar-refractivity contribution < 1.29 is 4.79 Å². The molecule has 0 spiro atoms. The number of carbonyl (C=O) groups is 1. The fraction of sp³-hybridized carbons (Fsp3) is 0.824. The first-order chi connectivity index (χ1) is 11.1. The monoisotopic (exact) mass is 317 g/mol. The van der Waals surface area contributed by atoms with Crippen molar-refractivity contribution in [1.29, 1.82) is 0 Å². The van der Waals surface area contributed by atoms with Crippen LogP contribution in [0.3, 0.4) is 0 Å². The number of fused-ring (bicyclic) bond motifs is 1. The summed E-state index contributed by atoms with van der Waals surface area (Å²) < 4.78 is 2.18. The number of urea groups is 1. The third kappa shape index (κ3) is 3.08. The van der Waals surface area contributed by atoms with Gasteiger partial charge in [-0.3, -0.25) is 0 Å². The van der Waals surface area contributed by atoms with Crippen LogP contribution in [0.1, 0.15) is 63.6 Å². The number of rotatable bonds is 6. The highest BCUT2D eigenvalue weighted by Crippen LogP contribution is 2.44. The van der Waals surface area contributed by atoms with E-state index in [0.29, 0.717) is 17.9 Å². The molecule has 23 heavy (non-hydrogen) atoms. The molecule has 1 aromatic heterocycles. The Morgan fingerprint density at radius 3 is 2.43 bits per heavy atom. The van der Waals surface area contributed by atoms with Crippen molar-refractivity contribution in [3.63, 3.8) is 0 Å². The number of nitrogens with zero attached hydrogens (tertiary/aromatic N) is 3. The van der Waals surface area contributed by atoms with Gasteiger partial charge in [0.15, 0.2) is 5.82 Å². The molecule has 2 heterocycles. The smallest absolute Gasteiger partial charge is 0.315 e. The van der Waals surface area contributed by atoms with Gasteiger partial charge in [-0.05, 0) is 49.9 Å². The van der Waals surface area contributed by atoms with E-state index in [0.717, 1.165) is 31.0 Å². The second-order valence-electron chi connectivity index (χ2n) is 7.77. The summed E-state index contributed by atoms with van der Waals surface area (Å²) in [6.45, 7) is 5.22. The normalized spacial score (nSPS) is 21.6. The topological polar surface area (TPSA) is 71.8 Å². The molecule has 1 atom stereocenters. The molecule has 6 nitrogen and oxygen atoms in total. The maximum absolute atomic E-state index is 12.5. The Morgan fingerprint density at radius 1 is 1.13 bits per heavy atom. The van der Waals surface area contributed by atoms with E-state index in [4.69, 9.17) is 0 Å². The van der Waals surface area contributed by atoms with Crippen LogP contribution in [0, 0.1) is 17.8 Å². The van der Waals surface area contributed by atoms with E-state index in [1.807, 2.05) is 0 Å². The van der Waals surface area contributed by atoms with Crippen LogP contribution in [0.15, 0.2) is 0 Å². The fourth-order valence-electron chi connectivity index (χ4n) is 3.80. The summed E-state index contributed by atoms with van der Waals surface area (Å²) in [5.41, 5.74) is 0. The minimum absolute atomic E-state index is 0.0390. The van der Waals surface area contributed by atoms with Gasteiger partial charge >= 0.3 is 6.03 Å². The van der Waals surface area contributed by atoms with E-state index in [2.05, 4.69) is 39.2 Å². The number of aryl methyl sites for hydroxylation is 1. The van der Waals surface area contributed by atoms with Gasteiger partial charge in [0.25, 0.3) is 0 Å². The molecule has 1 aromatic rings. The number of amides is 2. The van der Waals surface area contributed by atoms with Gasteiger partial charge in [-0.25, -0.2) is 4.79 Å². The largest absolute Gasteiger partial charge is 0.335 e.